The van der Waals surface area contributed by atoms with Gasteiger partial charge in [-0.3, -0.25) is 4.90 Å². The second-order valence-electron chi connectivity index (χ2n) is 3.99. The topological polar surface area (TPSA) is 12.5 Å². The van der Waals surface area contributed by atoms with Gasteiger partial charge in [0.2, 0.25) is 0 Å². The molecule has 0 N–H and O–H groups in total. The van der Waals surface area contributed by atoms with Crippen LogP contribution in [0.2, 0.25) is 0 Å². The first-order valence-corrected chi connectivity index (χ1v) is 5.12. The fourth-order valence-electron chi connectivity index (χ4n) is 1.91. The molecule has 0 radical (unpaired) electrons. The van der Waals surface area contributed by atoms with Crippen molar-refractivity contribution in [2.24, 2.45) is 0 Å². The lowest BCUT2D eigenvalue weighted by molar-refractivity contribution is 0.00504. The number of nitrogens with zero attached hydrogens (tertiary/aromatic N) is 1. The standard InChI is InChI=1S/C12H17NO/c1-10-4-3-5-11(8-10)12-9-14-7-6-13(12)2/h3-5,8,12H,6-7,9H2,1-2H3/t12-/m0/s1. The van der Waals surface area contributed by atoms with Crippen LogP contribution in [0.3, 0.4) is 0 Å². The smallest absolute Gasteiger partial charge is 0.0664 e. The molecule has 1 aliphatic heterocycles. The molecule has 1 saturated heterocycles. The van der Waals surface area contributed by atoms with Gasteiger partial charge in [0.1, 0.15) is 0 Å². The molecule has 2 rings (SSSR count). The molecule has 1 heterocycles. The Kier molecular flexibility index (Phi) is 2.85. The monoisotopic (exact) mass is 191 g/mol. The molecule has 1 aromatic carbocycles. The first-order valence-electron chi connectivity index (χ1n) is 5.12. The number of morpholine rings is 1. The fraction of sp³-hybridized carbons (Fsp3) is 0.500. The van der Waals surface area contributed by atoms with Gasteiger partial charge < -0.3 is 4.74 Å². The predicted molar refractivity (Wildman–Crippen MR) is 57.4 cm³/mol. The van der Waals surface area contributed by atoms with Crippen LogP contribution in [0.15, 0.2) is 24.3 Å². The van der Waals surface area contributed by atoms with Gasteiger partial charge in [-0.05, 0) is 19.5 Å². The van der Waals surface area contributed by atoms with Crippen LogP contribution >= 0.6 is 0 Å². The highest BCUT2D eigenvalue weighted by atomic mass is 16.5. The number of hydrogen-bond donors (Lipinski definition) is 0. The zero-order valence-electron chi connectivity index (χ0n) is 8.86. The molecule has 2 heteroatoms. The Labute approximate surface area is 85.5 Å². The van der Waals surface area contributed by atoms with Crippen molar-refractivity contribution in [3.8, 4) is 0 Å². The summed E-state index contributed by atoms with van der Waals surface area (Å²) in [5.74, 6) is 0. The number of benzene rings is 1. The third kappa shape index (κ3) is 1.97. The SMILES string of the molecule is Cc1cccc([C@@H]2COCCN2C)c1. The Morgan fingerprint density at radius 3 is 3.00 bits per heavy atom. The van der Waals surface area contributed by atoms with E-state index in [1.54, 1.807) is 0 Å². The highest BCUT2D eigenvalue weighted by Gasteiger charge is 2.20. The molecule has 0 unspecified atom stereocenters. The summed E-state index contributed by atoms with van der Waals surface area (Å²) < 4.78 is 5.51. The molecule has 0 saturated carbocycles. The second-order valence-corrected chi connectivity index (χ2v) is 3.99. The van der Waals surface area contributed by atoms with Gasteiger partial charge in [-0.1, -0.05) is 29.8 Å². The van der Waals surface area contributed by atoms with Gasteiger partial charge in [-0.2, -0.15) is 0 Å². The van der Waals surface area contributed by atoms with Crippen molar-refractivity contribution in [2.45, 2.75) is 13.0 Å². The number of aryl methyl sites for hydroxylation is 1. The van der Waals surface area contributed by atoms with E-state index in [2.05, 4.69) is 43.1 Å². The Morgan fingerprint density at radius 2 is 2.29 bits per heavy atom. The summed E-state index contributed by atoms with van der Waals surface area (Å²) in [6.45, 7) is 4.84. The van der Waals surface area contributed by atoms with Crippen LogP contribution in [0.1, 0.15) is 17.2 Å². The van der Waals surface area contributed by atoms with Crippen LogP contribution < -0.4 is 0 Å². The molecule has 14 heavy (non-hydrogen) atoms. The summed E-state index contributed by atoms with van der Waals surface area (Å²) in [5.41, 5.74) is 2.69. The minimum Gasteiger partial charge on any atom is -0.378 e. The maximum atomic E-state index is 5.51. The van der Waals surface area contributed by atoms with E-state index in [4.69, 9.17) is 4.74 Å². The van der Waals surface area contributed by atoms with Crippen molar-refractivity contribution in [1.29, 1.82) is 0 Å². The van der Waals surface area contributed by atoms with Crippen LogP contribution in [0.4, 0.5) is 0 Å². The third-order valence-corrected chi connectivity index (χ3v) is 2.82. The van der Waals surface area contributed by atoms with E-state index < -0.39 is 0 Å². The molecule has 1 aromatic rings. The number of hydrogen-bond acceptors (Lipinski definition) is 2. The van der Waals surface area contributed by atoms with Gasteiger partial charge >= 0.3 is 0 Å². The summed E-state index contributed by atoms with van der Waals surface area (Å²) in [4.78, 5) is 2.36. The molecule has 0 bridgehead atoms. The predicted octanol–water partition coefficient (Wildman–Crippen LogP) is 2.00. The summed E-state index contributed by atoms with van der Waals surface area (Å²) >= 11 is 0. The fourth-order valence-corrected chi connectivity index (χ4v) is 1.91. The Bertz CT molecular complexity index is 311. The van der Waals surface area contributed by atoms with Gasteiger partial charge in [0.05, 0.1) is 19.3 Å². The van der Waals surface area contributed by atoms with Gasteiger partial charge in [-0.25, -0.2) is 0 Å². The van der Waals surface area contributed by atoms with E-state index in [-0.39, 0.29) is 0 Å². The quantitative estimate of drug-likeness (QED) is 0.673. The second kappa shape index (κ2) is 4.11. The minimum absolute atomic E-state index is 0.434. The zero-order valence-corrected chi connectivity index (χ0v) is 8.86. The highest BCUT2D eigenvalue weighted by molar-refractivity contribution is 5.25. The molecule has 0 amide bonds. The van der Waals surface area contributed by atoms with Crippen molar-refractivity contribution in [3.63, 3.8) is 0 Å². The molecule has 1 atom stereocenters. The summed E-state index contributed by atoms with van der Waals surface area (Å²) in [5, 5.41) is 0. The van der Waals surface area contributed by atoms with Gasteiger partial charge in [-0.15, -0.1) is 0 Å². The maximum absolute atomic E-state index is 5.51. The van der Waals surface area contributed by atoms with E-state index in [1.807, 2.05) is 0 Å². The summed E-state index contributed by atoms with van der Waals surface area (Å²) in [7, 11) is 2.16. The van der Waals surface area contributed by atoms with Gasteiger partial charge in [0.15, 0.2) is 0 Å². The van der Waals surface area contributed by atoms with Gasteiger partial charge in [0, 0.05) is 6.54 Å². The number of likely N-dealkylation sites (N-methyl/N-ethyl adjacent to an activating group) is 1. The average Bonchev–Trinajstić information content (AvgIpc) is 2.18. The van der Waals surface area contributed by atoms with Crippen molar-refractivity contribution in [1.82, 2.24) is 4.90 Å². The van der Waals surface area contributed by atoms with E-state index in [0.717, 1.165) is 19.8 Å². The Morgan fingerprint density at radius 1 is 1.43 bits per heavy atom. The van der Waals surface area contributed by atoms with Crippen LogP contribution in [-0.2, 0) is 4.74 Å². The molecule has 0 aliphatic carbocycles. The lowest BCUT2D eigenvalue weighted by Crippen LogP contribution is -2.36. The van der Waals surface area contributed by atoms with E-state index in [1.165, 1.54) is 11.1 Å². The van der Waals surface area contributed by atoms with E-state index >= 15 is 0 Å². The molecular weight excluding hydrogens is 174 g/mol. The summed E-state index contributed by atoms with van der Waals surface area (Å²) in [6, 6.07) is 9.11. The van der Waals surface area contributed by atoms with Gasteiger partial charge in [0.25, 0.3) is 0 Å². The Balaban J connectivity index is 2.20. The van der Waals surface area contributed by atoms with Crippen molar-refractivity contribution >= 4 is 0 Å². The van der Waals surface area contributed by atoms with Crippen molar-refractivity contribution < 1.29 is 4.74 Å². The largest absolute Gasteiger partial charge is 0.378 e. The molecule has 0 spiro atoms. The summed E-state index contributed by atoms with van der Waals surface area (Å²) in [6.07, 6.45) is 0. The van der Waals surface area contributed by atoms with E-state index in [0.29, 0.717) is 6.04 Å². The van der Waals surface area contributed by atoms with Crippen LogP contribution in [0, 0.1) is 6.92 Å². The average molecular weight is 191 g/mol. The zero-order chi connectivity index (χ0) is 9.97. The van der Waals surface area contributed by atoms with Crippen molar-refractivity contribution in [3.05, 3.63) is 35.4 Å². The van der Waals surface area contributed by atoms with E-state index in [9.17, 15) is 0 Å². The number of ether oxygens (including phenoxy) is 1. The lowest BCUT2D eigenvalue weighted by Gasteiger charge is -2.32. The molecule has 0 aromatic heterocycles. The number of rotatable bonds is 1. The lowest BCUT2D eigenvalue weighted by atomic mass is 10.0. The van der Waals surface area contributed by atoms with Crippen molar-refractivity contribution in [2.75, 3.05) is 26.8 Å². The normalized spacial score (nSPS) is 23.7. The molecule has 1 aliphatic rings. The highest BCUT2D eigenvalue weighted by Crippen LogP contribution is 2.22. The van der Waals surface area contributed by atoms with Crippen LogP contribution in [-0.4, -0.2) is 31.7 Å². The van der Waals surface area contributed by atoms with Crippen LogP contribution in [0.5, 0.6) is 0 Å². The molecule has 76 valence electrons. The van der Waals surface area contributed by atoms with Crippen LogP contribution in [0.25, 0.3) is 0 Å². The molecule has 2 nitrogen and oxygen atoms in total. The first-order chi connectivity index (χ1) is 6.77. The molecule has 1 fully saturated rings. The Hall–Kier alpha value is -0.860. The minimum atomic E-state index is 0.434. The first kappa shape index (κ1) is 9.69. The maximum Gasteiger partial charge on any atom is 0.0664 e. The molecular formula is C12H17NO. The third-order valence-electron chi connectivity index (χ3n) is 2.82.